The van der Waals surface area contributed by atoms with Crippen LogP contribution in [0.5, 0.6) is 0 Å². The van der Waals surface area contributed by atoms with Crippen LogP contribution in [0, 0.1) is 5.92 Å². The largest absolute Gasteiger partial charge is 0.401 e. The fourth-order valence-corrected chi connectivity index (χ4v) is 1.98. The molecule has 1 saturated carbocycles. The van der Waals surface area contributed by atoms with Gasteiger partial charge in [-0.15, -0.1) is 0 Å². The highest BCUT2D eigenvalue weighted by Gasteiger charge is 2.38. The molecular formula is C12H14F3N. The molecule has 2 rings (SSSR count). The quantitative estimate of drug-likeness (QED) is 0.837. The van der Waals surface area contributed by atoms with Gasteiger partial charge in [-0.25, -0.2) is 0 Å². The van der Waals surface area contributed by atoms with Gasteiger partial charge in [-0.1, -0.05) is 30.3 Å². The smallest absolute Gasteiger partial charge is 0.308 e. The van der Waals surface area contributed by atoms with Crippen LogP contribution in [-0.2, 0) is 0 Å². The van der Waals surface area contributed by atoms with E-state index in [1.165, 1.54) is 5.56 Å². The van der Waals surface area contributed by atoms with Crippen molar-refractivity contribution in [3.8, 4) is 0 Å². The van der Waals surface area contributed by atoms with E-state index in [4.69, 9.17) is 0 Å². The van der Waals surface area contributed by atoms with Crippen molar-refractivity contribution < 1.29 is 13.2 Å². The Morgan fingerprint density at radius 1 is 1.19 bits per heavy atom. The number of benzene rings is 1. The van der Waals surface area contributed by atoms with E-state index in [2.05, 4.69) is 5.32 Å². The molecule has 1 nitrogen and oxygen atoms in total. The summed E-state index contributed by atoms with van der Waals surface area (Å²) in [6, 6.07) is 9.95. The summed E-state index contributed by atoms with van der Waals surface area (Å²) in [4.78, 5) is 0. The van der Waals surface area contributed by atoms with Crippen molar-refractivity contribution in [1.29, 1.82) is 0 Å². The van der Waals surface area contributed by atoms with E-state index >= 15 is 0 Å². The SMILES string of the molecule is FC(F)(F)CNCC1CC1c1ccccc1. The van der Waals surface area contributed by atoms with Crippen molar-refractivity contribution in [3.05, 3.63) is 35.9 Å². The van der Waals surface area contributed by atoms with E-state index < -0.39 is 12.7 Å². The molecule has 1 N–H and O–H groups in total. The van der Waals surface area contributed by atoms with E-state index in [1.807, 2.05) is 30.3 Å². The third-order valence-electron chi connectivity index (χ3n) is 2.88. The minimum Gasteiger partial charge on any atom is -0.308 e. The Bertz CT molecular complexity index is 334. The second kappa shape index (κ2) is 4.45. The Morgan fingerprint density at radius 2 is 1.88 bits per heavy atom. The number of alkyl halides is 3. The first-order valence-electron chi connectivity index (χ1n) is 5.39. The molecule has 16 heavy (non-hydrogen) atoms. The molecule has 1 fully saturated rings. The number of rotatable bonds is 4. The zero-order valence-electron chi connectivity index (χ0n) is 8.80. The summed E-state index contributed by atoms with van der Waals surface area (Å²) in [5.74, 6) is 0.812. The van der Waals surface area contributed by atoms with Crippen LogP contribution < -0.4 is 5.32 Å². The van der Waals surface area contributed by atoms with Gasteiger partial charge in [0.1, 0.15) is 0 Å². The number of halogens is 3. The van der Waals surface area contributed by atoms with E-state index in [1.54, 1.807) is 0 Å². The molecule has 2 unspecified atom stereocenters. The average molecular weight is 229 g/mol. The van der Waals surface area contributed by atoms with E-state index in [0.717, 1.165) is 6.42 Å². The topological polar surface area (TPSA) is 12.0 Å². The van der Waals surface area contributed by atoms with Gasteiger partial charge in [-0.2, -0.15) is 13.2 Å². The Hall–Kier alpha value is -1.03. The van der Waals surface area contributed by atoms with E-state index in [9.17, 15) is 13.2 Å². The molecule has 0 bridgehead atoms. The molecule has 0 aromatic heterocycles. The predicted octanol–water partition coefficient (Wildman–Crippen LogP) is 2.94. The molecule has 1 aliphatic rings. The van der Waals surface area contributed by atoms with Crippen molar-refractivity contribution in [2.45, 2.75) is 18.5 Å². The summed E-state index contributed by atoms with van der Waals surface area (Å²) >= 11 is 0. The highest BCUT2D eigenvalue weighted by Crippen LogP contribution is 2.46. The average Bonchev–Trinajstić information content (AvgIpc) is 2.97. The second-order valence-electron chi connectivity index (χ2n) is 4.26. The van der Waals surface area contributed by atoms with Gasteiger partial charge in [0.05, 0.1) is 6.54 Å². The second-order valence-corrected chi connectivity index (χ2v) is 4.26. The summed E-state index contributed by atoms with van der Waals surface area (Å²) in [5, 5.41) is 2.46. The number of hydrogen-bond acceptors (Lipinski definition) is 1. The third kappa shape index (κ3) is 3.23. The first-order valence-corrected chi connectivity index (χ1v) is 5.39. The molecule has 0 spiro atoms. The summed E-state index contributed by atoms with van der Waals surface area (Å²) in [5.41, 5.74) is 1.24. The first kappa shape index (κ1) is 11.5. The molecule has 0 radical (unpaired) electrons. The number of nitrogens with one attached hydrogen (secondary N) is 1. The van der Waals surface area contributed by atoms with Gasteiger partial charge >= 0.3 is 6.18 Å². The molecule has 0 aliphatic heterocycles. The van der Waals surface area contributed by atoms with Crippen LogP contribution in [0.15, 0.2) is 30.3 Å². The fourth-order valence-electron chi connectivity index (χ4n) is 1.98. The van der Waals surface area contributed by atoms with Crippen LogP contribution in [0.3, 0.4) is 0 Å². The van der Waals surface area contributed by atoms with Crippen LogP contribution in [0.1, 0.15) is 17.9 Å². The molecule has 1 aromatic rings. The lowest BCUT2D eigenvalue weighted by Crippen LogP contribution is -2.30. The van der Waals surface area contributed by atoms with E-state index in [-0.39, 0.29) is 0 Å². The lowest BCUT2D eigenvalue weighted by atomic mass is 10.1. The zero-order chi connectivity index (χ0) is 11.6. The molecule has 0 heterocycles. The Morgan fingerprint density at radius 3 is 2.50 bits per heavy atom. The molecule has 1 aromatic carbocycles. The zero-order valence-corrected chi connectivity index (χ0v) is 8.80. The van der Waals surface area contributed by atoms with Gasteiger partial charge < -0.3 is 5.32 Å². The third-order valence-corrected chi connectivity index (χ3v) is 2.88. The summed E-state index contributed by atoms with van der Waals surface area (Å²) in [6.07, 6.45) is -3.11. The van der Waals surface area contributed by atoms with Gasteiger partial charge in [0.15, 0.2) is 0 Å². The normalized spacial score (nSPS) is 24.4. The molecule has 4 heteroatoms. The minimum atomic E-state index is -4.10. The van der Waals surface area contributed by atoms with Crippen LogP contribution in [0.25, 0.3) is 0 Å². The predicted molar refractivity (Wildman–Crippen MR) is 56.2 cm³/mol. The standard InChI is InChI=1S/C12H14F3N/c13-12(14,15)8-16-7-10-6-11(10)9-4-2-1-3-5-9/h1-5,10-11,16H,6-8H2. The van der Waals surface area contributed by atoms with Gasteiger partial charge in [-0.3, -0.25) is 0 Å². The van der Waals surface area contributed by atoms with Gasteiger partial charge in [0, 0.05) is 0 Å². The summed E-state index contributed by atoms with van der Waals surface area (Å²) < 4.78 is 35.7. The van der Waals surface area contributed by atoms with Gasteiger partial charge in [-0.05, 0) is 30.4 Å². The maximum Gasteiger partial charge on any atom is 0.401 e. The van der Waals surface area contributed by atoms with Gasteiger partial charge in [0.25, 0.3) is 0 Å². The molecule has 88 valence electrons. The maximum absolute atomic E-state index is 11.9. The molecular weight excluding hydrogens is 215 g/mol. The van der Waals surface area contributed by atoms with E-state index in [0.29, 0.717) is 18.4 Å². The number of hydrogen-bond donors (Lipinski definition) is 1. The minimum absolute atomic E-state index is 0.366. The lowest BCUT2D eigenvalue weighted by Gasteiger charge is -2.07. The maximum atomic E-state index is 11.9. The lowest BCUT2D eigenvalue weighted by molar-refractivity contribution is -0.124. The Kier molecular flexibility index (Phi) is 3.19. The fraction of sp³-hybridized carbons (Fsp3) is 0.500. The van der Waals surface area contributed by atoms with Crippen molar-refractivity contribution in [1.82, 2.24) is 5.32 Å². The van der Waals surface area contributed by atoms with Crippen LogP contribution in [0.4, 0.5) is 13.2 Å². The van der Waals surface area contributed by atoms with Crippen LogP contribution in [0.2, 0.25) is 0 Å². The Balaban J connectivity index is 1.72. The van der Waals surface area contributed by atoms with Crippen molar-refractivity contribution in [2.75, 3.05) is 13.1 Å². The highest BCUT2D eigenvalue weighted by atomic mass is 19.4. The van der Waals surface area contributed by atoms with Crippen LogP contribution in [-0.4, -0.2) is 19.3 Å². The van der Waals surface area contributed by atoms with Crippen molar-refractivity contribution in [2.24, 2.45) is 5.92 Å². The monoisotopic (exact) mass is 229 g/mol. The summed E-state index contributed by atoms with van der Waals surface area (Å²) in [6.45, 7) is -0.427. The Labute approximate surface area is 92.7 Å². The van der Waals surface area contributed by atoms with Crippen molar-refractivity contribution >= 4 is 0 Å². The van der Waals surface area contributed by atoms with Crippen LogP contribution >= 0.6 is 0 Å². The molecule has 2 atom stereocenters. The summed E-state index contributed by atoms with van der Waals surface area (Å²) in [7, 11) is 0. The van der Waals surface area contributed by atoms with Gasteiger partial charge in [0.2, 0.25) is 0 Å². The molecule has 0 saturated heterocycles. The molecule has 1 aliphatic carbocycles. The molecule has 0 amide bonds. The first-order chi connectivity index (χ1) is 7.56. The van der Waals surface area contributed by atoms with Crippen molar-refractivity contribution in [3.63, 3.8) is 0 Å². The highest BCUT2D eigenvalue weighted by molar-refractivity contribution is 5.25.